The predicted octanol–water partition coefficient (Wildman–Crippen LogP) is 3.04. The Balaban J connectivity index is 1.39. The third kappa shape index (κ3) is 3.35. The molecule has 1 aliphatic carbocycles. The molecule has 4 rings (SSSR count). The first-order valence-electron chi connectivity index (χ1n) is 9.14. The molecule has 1 aromatic heterocycles. The molecule has 2 heterocycles. The van der Waals surface area contributed by atoms with Crippen molar-refractivity contribution in [2.75, 3.05) is 26.2 Å². The molecular weight excluding hydrogens is 355 g/mol. The maximum Gasteiger partial charge on any atom is 0.274 e. The number of nitrogens with one attached hydrogen (secondary N) is 1. The molecule has 1 amide bonds. The summed E-state index contributed by atoms with van der Waals surface area (Å²) in [5, 5.41) is 7.77. The van der Waals surface area contributed by atoms with Crippen molar-refractivity contribution >= 4 is 17.5 Å². The van der Waals surface area contributed by atoms with Crippen LogP contribution in [0.5, 0.6) is 0 Å². The van der Waals surface area contributed by atoms with Gasteiger partial charge in [0.25, 0.3) is 5.91 Å². The van der Waals surface area contributed by atoms with E-state index in [1.165, 1.54) is 6.07 Å². The molecule has 5 nitrogen and oxygen atoms in total. The molecule has 1 fully saturated rings. The highest BCUT2D eigenvalue weighted by Gasteiger charge is 2.28. The number of carbonyl (C=O) groups excluding carboxylic acids is 1. The minimum Gasteiger partial charge on any atom is -0.335 e. The number of hydrogen-bond donors (Lipinski definition) is 1. The standard InChI is InChI=1S/C19H22ClFN4O/c20-15-5-3-6-16(21)14(15)12-24-8-10-25(11-9-24)19(26)18-13-4-1-2-7-17(13)22-23-18/h3,5-6H,1-2,4,7-12H2,(H,22,23). The van der Waals surface area contributed by atoms with E-state index in [0.717, 1.165) is 36.9 Å². The summed E-state index contributed by atoms with van der Waals surface area (Å²) in [6, 6.07) is 4.75. The number of aromatic nitrogens is 2. The topological polar surface area (TPSA) is 52.2 Å². The molecule has 0 bridgehead atoms. The number of carbonyl (C=O) groups is 1. The zero-order valence-corrected chi connectivity index (χ0v) is 15.4. The number of piperazine rings is 1. The highest BCUT2D eigenvalue weighted by molar-refractivity contribution is 6.31. The van der Waals surface area contributed by atoms with Crippen molar-refractivity contribution in [3.63, 3.8) is 0 Å². The lowest BCUT2D eigenvalue weighted by Gasteiger charge is -2.34. The van der Waals surface area contributed by atoms with Crippen molar-refractivity contribution in [2.24, 2.45) is 0 Å². The summed E-state index contributed by atoms with van der Waals surface area (Å²) in [5.41, 5.74) is 3.33. The van der Waals surface area contributed by atoms with Crippen LogP contribution in [0.1, 0.15) is 40.2 Å². The van der Waals surface area contributed by atoms with E-state index in [4.69, 9.17) is 11.6 Å². The number of fused-ring (bicyclic) bond motifs is 1. The maximum atomic E-state index is 14.0. The highest BCUT2D eigenvalue weighted by Crippen LogP contribution is 2.24. The first-order valence-corrected chi connectivity index (χ1v) is 9.52. The lowest BCUT2D eigenvalue weighted by Crippen LogP contribution is -2.48. The van der Waals surface area contributed by atoms with Crippen LogP contribution in [0.2, 0.25) is 5.02 Å². The Labute approximate surface area is 157 Å². The van der Waals surface area contributed by atoms with Gasteiger partial charge in [-0.05, 0) is 37.8 Å². The minimum absolute atomic E-state index is 0.00738. The molecule has 0 unspecified atom stereocenters. The van der Waals surface area contributed by atoms with E-state index in [1.54, 1.807) is 12.1 Å². The van der Waals surface area contributed by atoms with E-state index >= 15 is 0 Å². The lowest BCUT2D eigenvalue weighted by molar-refractivity contribution is 0.0620. The normalized spacial score (nSPS) is 18.0. The monoisotopic (exact) mass is 376 g/mol. The smallest absolute Gasteiger partial charge is 0.274 e. The fraction of sp³-hybridized carbons (Fsp3) is 0.474. The van der Waals surface area contributed by atoms with Crippen LogP contribution in [0.25, 0.3) is 0 Å². The fourth-order valence-corrected chi connectivity index (χ4v) is 4.05. The summed E-state index contributed by atoms with van der Waals surface area (Å²) >= 11 is 6.12. The van der Waals surface area contributed by atoms with Gasteiger partial charge in [0.1, 0.15) is 5.82 Å². The average Bonchev–Trinajstić information content (AvgIpc) is 3.09. The zero-order chi connectivity index (χ0) is 18.1. The van der Waals surface area contributed by atoms with Crippen molar-refractivity contribution in [1.82, 2.24) is 20.0 Å². The van der Waals surface area contributed by atoms with E-state index in [9.17, 15) is 9.18 Å². The molecule has 26 heavy (non-hydrogen) atoms. The summed E-state index contributed by atoms with van der Waals surface area (Å²) in [5.74, 6) is -0.271. The van der Waals surface area contributed by atoms with Gasteiger partial charge >= 0.3 is 0 Å². The Morgan fingerprint density at radius 2 is 1.96 bits per heavy atom. The van der Waals surface area contributed by atoms with E-state index in [0.29, 0.717) is 49.0 Å². The van der Waals surface area contributed by atoms with Gasteiger partial charge in [-0.3, -0.25) is 14.8 Å². The number of aromatic amines is 1. The number of hydrogen-bond acceptors (Lipinski definition) is 3. The van der Waals surface area contributed by atoms with Crippen LogP contribution in [-0.2, 0) is 19.4 Å². The minimum atomic E-state index is -0.279. The molecule has 0 saturated carbocycles. The summed E-state index contributed by atoms with van der Waals surface area (Å²) in [4.78, 5) is 16.8. The number of halogens is 2. The summed E-state index contributed by atoms with van der Waals surface area (Å²) in [7, 11) is 0. The van der Waals surface area contributed by atoms with Gasteiger partial charge in [-0.25, -0.2) is 4.39 Å². The second-order valence-corrected chi connectivity index (χ2v) is 7.41. The third-order valence-electron chi connectivity index (χ3n) is 5.36. The maximum absolute atomic E-state index is 14.0. The second kappa shape index (κ2) is 7.37. The van der Waals surface area contributed by atoms with E-state index in [-0.39, 0.29) is 11.7 Å². The first kappa shape index (κ1) is 17.5. The number of H-pyrrole nitrogens is 1. The van der Waals surface area contributed by atoms with Crippen molar-refractivity contribution in [2.45, 2.75) is 32.2 Å². The van der Waals surface area contributed by atoms with Crippen molar-refractivity contribution in [3.8, 4) is 0 Å². The van der Waals surface area contributed by atoms with Crippen molar-refractivity contribution < 1.29 is 9.18 Å². The lowest BCUT2D eigenvalue weighted by atomic mass is 9.95. The van der Waals surface area contributed by atoms with Gasteiger partial charge in [-0.1, -0.05) is 17.7 Å². The highest BCUT2D eigenvalue weighted by atomic mass is 35.5. The van der Waals surface area contributed by atoms with Gasteiger partial charge in [0.15, 0.2) is 5.69 Å². The van der Waals surface area contributed by atoms with Crippen LogP contribution in [0.15, 0.2) is 18.2 Å². The van der Waals surface area contributed by atoms with Crippen LogP contribution < -0.4 is 0 Å². The summed E-state index contributed by atoms with van der Waals surface area (Å²) in [6.45, 7) is 3.09. The molecule has 0 spiro atoms. The van der Waals surface area contributed by atoms with Crippen LogP contribution >= 0.6 is 11.6 Å². The molecule has 0 radical (unpaired) electrons. The SMILES string of the molecule is O=C(c1n[nH]c2c1CCCC2)N1CCN(Cc2c(F)cccc2Cl)CC1. The van der Waals surface area contributed by atoms with E-state index in [2.05, 4.69) is 15.1 Å². The quantitative estimate of drug-likeness (QED) is 0.895. The molecule has 1 aliphatic heterocycles. The predicted molar refractivity (Wildman–Crippen MR) is 97.8 cm³/mol. The van der Waals surface area contributed by atoms with Gasteiger partial charge < -0.3 is 4.90 Å². The van der Waals surface area contributed by atoms with Crippen molar-refractivity contribution in [1.29, 1.82) is 0 Å². The Morgan fingerprint density at radius 1 is 1.19 bits per heavy atom. The fourth-order valence-electron chi connectivity index (χ4n) is 3.82. The number of rotatable bonds is 3. The van der Waals surface area contributed by atoms with Crippen LogP contribution in [0, 0.1) is 5.82 Å². The molecule has 1 aromatic carbocycles. The van der Waals surface area contributed by atoms with Crippen LogP contribution in [0.3, 0.4) is 0 Å². The second-order valence-electron chi connectivity index (χ2n) is 7.00. The molecule has 1 N–H and O–H groups in total. The average molecular weight is 377 g/mol. The molecule has 2 aliphatic rings. The largest absolute Gasteiger partial charge is 0.335 e. The Morgan fingerprint density at radius 3 is 2.73 bits per heavy atom. The number of nitrogens with zero attached hydrogens (tertiary/aromatic N) is 3. The van der Waals surface area contributed by atoms with E-state index in [1.807, 2.05) is 4.90 Å². The van der Waals surface area contributed by atoms with Gasteiger partial charge in [-0.2, -0.15) is 5.10 Å². The Bertz CT molecular complexity index is 794. The van der Waals surface area contributed by atoms with Gasteiger partial charge in [0.05, 0.1) is 0 Å². The van der Waals surface area contributed by atoms with Gasteiger partial charge in [0, 0.05) is 54.6 Å². The van der Waals surface area contributed by atoms with Gasteiger partial charge in [0.2, 0.25) is 0 Å². The Kier molecular flexibility index (Phi) is 4.96. The van der Waals surface area contributed by atoms with E-state index < -0.39 is 0 Å². The Hall–Kier alpha value is -1.92. The summed E-state index contributed by atoms with van der Waals surface area (Å²) < 4.78 is 14.0. The molecule has 1 saturated heterocycles. The molecule has 138 valence electrons. The molecule has 2 aromatic rings. The first-order chi connectivity index (χ1) is 12.6. The van der Waals surface area contributed by atoms with Crippen LogP contribution in [0.4, 0.5) is 4.39 Å². The van der Waals surface area contributed by atoms with Crippen molar-refractivity contribution in [3.05, 3.63) is 51.6 Å². The number of benzene rings is 1. The third-order valence-corrected chi connectivity index (χ3v) is 5.72. The van der Waals surface area contributed by atoms with Gasteiger partial charge in [-0.15, -0.1) is 0 Å². The summed E-state index contributed by atoms with van der Waals surface area (Å²) in [6.07, 6.45) is 4.18. The molecule has 7 heteroatoms. The number of amides is 1. The zero-order valence-electron chi connectivity index (χ0n) is 14.6. The number of aryl methyl sites for hydroxylation is 1. The molecular formula is C19H22ClFN4O. The molecule has 0 atom stereocenters. The van der Waals surface area contributed by atoms with Crippen LogP contribution in [-0.4, -0.2) is 52.1 Å².